The molecule has 2 aliphatic rings. The van der Waals surface area contributed by atoms with Gasteiger partial charge in [0.25, 0.3) is 0 Å². The normalized spacial score (nSPS) is 19.9. The van der Waals surface area contributed by atoms with Crippen LogP contribution in [0.4, 0.5) is 5.82 Å². The first-order valence-electron chi connectivity index (χ1n) is 12.6. The van der Waals surface area contributed by atoms with Gasteiger partial charge in [0.2, 0.25) is 11.8 Å². The van der Waals surface area contributed by atoms with E-state index in [9.17, 15) is 9.59 Å². The van der Waals surface area contributed by atoms with E-state index in [1.54, 1.807) is 31.2 Å². The summed E-state index contributed by atoms with van der Waals surface area (Å²) in [6, 6.07) is 7.55. The van der Waals surface area contributed by atoms with Crippen molar-refractivity contribution in [1.29, 1.82) is 0 Å². The Morgan fingerprint density at radius 2 is 2.11 bits per heavy atom. The monoisotopic (exact) mass is 480 g/mol. The molecule has 4 heterocycles. The fourth-order valence-electron chi connectivity index (χ4n) is 5.03. The lowest BCUT2D eigenvalue weighted by Gasteiger charge is -2.50. The molecule has 0 spiro atoms. The topological polar surface area (TPSA) is 93.7 Å². The number of amides is 1. The largest absolute Gasteiger partial charge is 0.481 e. The maximum Gasteiger partial charge on any atom is 0.308 e. The summed E-state index contributed by atoms with van der Waals surface area (Å²) < 4.78 is 10.3. The minimum absolute atomic E-state index is 0.0822. The molecule has 0 aliphatic carbocycles. The van der Waals surface area contributed by atoms with Crippen molar-refractivity contribution in [2.75, 3.05) is 32.1 Å². The van der Waals surface area contributed by atoms with Gasteiger partial charge in [0, 0.05) is 31.0 Å². The van der Waals surface area contributed by atoms with Crippen LogP contribution in [0.25, 0.3) is 0 Å². The van der Waals surface area contributed by atoms with Gasteiger partial charge < -0.3 is 19.7 Å². The Morgan fingerprint density at radius 3 is 2.83 bits per heavy atom. The van der Waals surface area contributed by atoms with E-state index in [2.05, 4.69) is 22.4 Å². The number of rotatable bonds is 11. The van der Waals surface area contributed by atoms with E-state index in [-0.39, 0.29) is 24.3 Å². The predicted octanol–water partition coefficient (Wildman–Crippen LogP) is 4.10. The number of carbonyl (C=O) groups is 2. The summed E-state index contributed by atoms with van der Waals surface area (Å²) in [5.74, 6) is 1.29. The van der Waals surface area contributed by atoms with Gasteiger partial charge in [0.05, 0.1) is 31.6 Å². The number of esters is 1. The van der Waals surface area contributed by atoms with E-state index in [0.717, 1.165) is 62.1 Å². The third-order valence-electron chi connectivity index (χ3n) is 7.05. The number of hydrogen-bond acceptors (Lipinski definition) is 7. The molecule has 188 valence electrons. The Morgan fingerprint density at radius 1 is 1.26 bits per heavy atom. The molecule has 1 saturated heterocycles. The molecular formula is C27H36N4O4. The minimum Gasteiger partial charge on any atom is -0.481 e. The molecule has 2 aliphatic heterocycles. The Balaban J connectivity index is 1.33. The van der Waals surface area contributed by atoms with Crippen LogP contribution in [0.1, 0.15) is 68.8 Å². The summed E-state index contributed by atoms with van der Waals surface area (Å²) in [5.41, 5.74) is 2.81. The number of β-lactam (4-membered cyclic amide) rings is 1. The van der Waals surface area contributed by atoms with Crippen LogP contribution < -0.4 is 10.1 Å². The molecular weight excluding hydrogens is 444 g/mol. The van der Waals surface area contributed by atoms with Crippen molar-refractivity contribution in [3.8, 4) is 5.88 Å². The molecule has 0 radical (unpaired) electrons. The number of unbranched alkanes of at least 4 members (excludes halogenated alkanes) is 1. The molecule has 2 aromatic heterocycles. The second-order valence-electron chi connectivity index (χ2n) is 9.70. The number of nitrogens with one attached hydrogen (secondary N) is 1. The van der Waals surface area contributed by atoms with Crippen molar-refractivity contribution in [3.63, 3.8) is 0 Å². The Bertz CT molecular complexity index is 1040. The van der Waals surface area contributed by atoms with E-state index in [0.29, 0.717) is 19.0 Å². The van der Waals surface area contributed by atoms with Gasteiger partial charge in [-0.25, -0.2) is 9.97 Å². The van der Waals surface area contributed by atoms with Gasteiger partial charge in [-0.15, -0.1) is 0 Å². The van der Waals surface area contributed by atoms with Gasteiger partial charge in [-0.3, -0.25) is 9.59 Å². The Kier molecular flexibility index (Phi) is 7.88. The van der Waals surface area contributed by atoms with Gasteiger partial charge in [-0.2, -0.15) is 0 Å². The number of fused-ring (bicyclic) bond motifs is 1. The molecule has 4 rings (SSSR count). The number of carbonyl (C=O) groups excluding carboxylic acids is 2. The number of anilines is 1. The lowest BCUT2D eigenvalue weighted by molar-refractivity contribution is -0.166. The van der Waals surface area contributed by atoms with Crippen molar-refractivity contribution >= 4 is 17.7 Å². The van der Waals surface area contributed by atoms with Crippen LogP contribution >= 0.6 is 0 Å². The number of hydrogen-bond donors (Lipinski definition) is 1. The molecule has 2 unspecified atom stereocenters. The molecule has 0 aromatic carbocycles. The lowest BCUT2D eigenvalue weighted by atomic mass is 9.74. The van der Waals surface area contributed by atoms with Gasteiger partial charge in [0.1, 0.15) is 5.82 Å². The quantitative estimate of drug-likeness (QED) is 0.294. The maximum absolute atomic E-state index is 13.3. The number of ether oxygens (including phenoxy) is 2. The molecule has 2 aromatic rings. The highest BCUT2D eigenvalue weighted by atomic mass is 16.5. The number of aryl methyl sites for hydroxylation is 2. The second-order valence-corrected chi connectivity index (χ2v) is 9.70. The molecule has 0 saturated carbocycles. The van der Waals surface area contributed by atoms with Crippen molar-refractivity contribution < 1.29 is 19.1 Å². The molecule has 1 amide bonds. The van der Waals surface area contributed by atoms with E-state index >= 15 is 0 Å². The van der Waals surface area contributed by atoms with E-state index in [4.69, 9.17) is 14.5 Å². The molecule has 1 N–H and O–H groups in total. The smallest absolute Gasteiger partial charge is 0.308 e. The Labute approximate surface area is 207 Å². The molecule has 1 fully saturated rings. The van der Waals surface area contributed by atoms with Crippen LogP contribution in [0.2, 0.25) is 0 Å². The van der Waals surface area contributed by atoms with Crippen molar-refractivity contribution in [2.24, 2.45) is 5.41 Å². The third kappa shape index (κ3) is 5.74. The van der Waals surface area contributed by atoms with Crippen LogP contribution in [0.3, 0.4) is 0 Å². The minimum atomic E-state index is -0.405. The van der Waals surface area contributed by atoms with Gasteiger partial charge in [-0.1, -0.05) is 18.6 Å². The van der Waals surface area contributed by atoms with Crippen molar-refractivity contribution in [1.82, 2.24) is 14.9 Å². The Hall–Kier alpha value is -3.16. The van der Waals surface area contributed by atoms with Crippen LogP contribution in [0.15, 0.2) is 30.5 Å². The average Bonchev–Trinajstić information content (AvgIpc) is 2.88. The fourth-order valence-corrected chi connectivity index (χ4v) is 5.03. The highest BCUT2D eigenvalue weighted by molar-refractivity contribution is 5.89. The first kappa shape index (κ1) is 24.9. The number of nitrogens with zero attached hydrogens (tertiary/aromatic N) is 3. The summed E-state index contributed by atoms with van der Waals surface area (Å²) >= 11 is 0. The van der Waals surface area contributed by atoms with E-state index < -0.39 is 5.41 Å². The summed E-state index contributed by atoms with van der Waals surface area (Å²) in [7, 11) is 1.56. The van der Waals surface area contributed by atoms with Crippen molar-refractivity contribution in [2.45, 2.75) is 64.8 Å². The zero-order valence-electron chi connectivity index (χ0n) is 21.0. The van der Waals surface area contributed by atoms with Crippen LogP contribution in [0.5, 0.6) is 5.88 Å². The molecule has 2 atom stereocenters. The van der Waals surface area contributed by atoms with Gasteiger partial charge in [-0.05, 0) is 63.1 Å². The number of pyridine rings is 2. The fraction of sp³-hybridized carbons (Fsp3) is 0.556. The standard InChI is InChI=1S/C27H36N4O4/c1-4-35-24(32)16-22(20-11-13-23(34-3)29-17-20)31-18-27(2,26(31)33)14-6-5-9-21-12-10-19-8-7-15-28-25(19)30-21/h10-13,17,22H,4-9,14-16,18H2,1-3H3,(H,28,30). The highest BCUT2D eigenvalue weighted by Crippen LogP contribution is 2.43. The summed E-state index contributed by atoms with van der Waals surface area (Å²) in [5, 5.41) is 3.39. The third-order valence-corrected chi connectivity index (χ3v) is 7.05. The SMILES string of the molecule is CCOC(=O)CC(c1ccc(OC)nc1)N1CC(C)(CCCCc2ccc3c(n2)NCCC3)C1=O. The molecule has 8 nitrogen and oxygen atoms in total. The van der Waals surface area contributed by atoms with Gasteiger partial charge in [0.15, 0.2) is 0 Å². The first-order valence-corrected chi connectivity index (χ1v) is 12.6. The number of likely N-dealkylation sites (tertiary alicyclic amines) is 1. The summed E-state index contributed by atoms with van der Waals surface area (Å²) in [4.78, 5) is 36.4. The van der Waals surface area contributed by atoms with E-state index in [1.165, 1.54) is 5.56 Å². The van der Waals surface area contributed by atoms with Gasteiger partial charge >= 0.3 is 5.97 Å². The predicted molar refractivity (Wildman–Crippen MR) is 133 cm³/mol. The van der Waals surface area contributed by atoms with Crippen LogP contribution in [-0.2, 0) is 27.2 Å². The molecule has 8 heteroatoms. The lowest BCUT2D eigenvalue weighted by Crippen LogP contribution is -2.61. The van der Waals surface area contributed by atoms with Crippen LogP contribution in [-0.4, -0.2) is 53.6 Å². The van der Waals surface area contributed by atoms with Crippen LogP contribution in [0, 0.1) is 5.41 Å². The average molecular weight is 481 g/mol. The maximum atomic E-state index is 13.3. The molecule has 35 heavy (non-hydrogen) atoms. The zero-order chi connectivity index (χ0) is 24.8. The van der Waals surface area contributed by atoms with E-state index in [1.807, 2.05) is 13.0 Å². The zero-order valence-corrected chi connectivity index (χ0v) is 21.0. The number of aromatic nitrogens is 2. The highest BCUT2D eigenvalue weighted by Gasteiger charge is 2.50. The molecule has 0 bridgehead atoms. The summed E-state index contributed by atoms with van der Waals surface area (Å²) in [6.07, 6.45) is 7.71. The number of methoxy groups -OCH3 is 1. The first-order chi connectivity index (χ1) is 16.9. The summed E-state index contributed by atoms with van der Waals surface area (Å²) in [6.45, 7) is 5.73. The van der Waals surface area contributed by atoms with Crippen molar-refractivity contribution in [3.05, 3.63) is 47.3 Å². The second kappa shape index (κ2) is 11.1.